The summed E-state index contributed by atoms with van der Waals surface area (Å²) in [6, 6.07) is 9.36. The van der Waals surface area contributed by atoms with Crippen LogP contribution in [0.4, 0.5) is 15.8 Å². The second-order valence-corrected chi connectivity index (χ2v) is 6.51. The van der Waals surface area contributed by atoms with Crippen molar-refractivity contribution in [2.24, 2.45) is 0 Å². The lowest BCUT2D eigenvalue weighted by atomic mass is 10.1. The predicted octanol–water partition coefficient (Wildman–Crippen LogP) is 2.06. The maximum atomic E-state index is 13.6. The van der Waals surface area contributed by atoms with Crippen molar-refractivity contribution in [1.82, 2.24) is 0 Å². The Morgan fingerprint density at radius 2 is 1.90 bits per heavy atom. The molecule has 110 valence electrons. The van der Waals surface area contributed by atoms with Gasteiger partial charge in [-0.3, -0.25) is 4.79 Å². The van der Waals surface area contributed by atoms with Gasteiger partial charge in [-0.2, -0.15) is 0 Å². The highest BCUT2D eigenvalue weighted by Gasteiger charge is 2.13. The van der Waals surface area contributed by atoms with Crippen LogP contribution in [0, 0.1) is 5.82 Å². The number of sulfone groups is 1. The van der Waals surface area contributed by atoms with E-state index in [9.17, 15) is 17.6 Å². The SMILES string of the molecule is CS(=O)(=O)c1cccc(NC(=O)c2cc(N)ccc2F)c1. The summed E-state index contributed by atoms with van der Waals surface area (Å²) in [6.45, 7) is 0. The van der Waals surface area contributed by atoms with Gasteiger partial charge in [0, 0.05) is 17.6 Å². The number of nitrogens with one attached hydrogen (secondary N) is 1. The molecule has 2 aromatic rings. The number of hydrogen-bond donors (Lipinski definition) is 2. The smallest absolute Gasteiger partial charge is 0.258 e. The Labute approximate surface area is 121 Å². The summed E-state index contributed by atoms with van der Waals surface area (Å²) in [5, 5.41) is 2.44. The number of nitrogens with two attached hydrogens (primary N) is 1. The molecule has 2 rings (SSSR count). The summed E-state index contributed by atoms with van der Waals surface area (Å²) in [5.74, 6) is -1.41. The Kier molecular flexibility index (Phi) is 3.95. The maximum absolute atomic E-state index is 13.6. The van der Waals surface area contributed by atoms with Crippen LogP contribution in [0.5, 0.6) is 0 Å². The van der Waals surface area contributed by atoms with E-state index in [-0.39, 0.29) is 21.8 Å². The van der Waals surface area contributed by atoms with E-state index in [1.165, 1.54) is 36.4 Å². The normalized spacial score (nSPS) is 11.1. The van der Waals surface area contributed by atoms with Crippen LogP contribution in [0.2, 0.25) is 0 Å². The van der Waals surface area contributed by atoms with Crippen molar-refractivity contribution in [3.05, 3.63) is 53.8 Å². The Bertz CT molecular complexity index is 804. The van der Waals surface area contributed by atoms with Crippen LogP contribution in [-0.4, -0.2) is 20.6 Å². The van der Waals surface area contributed by atoms with Gasteiger partial charge in [0.2, 0.25) is 0 Å². The Morgan fingerprint density at radius 3 is 2.57 bits per heavy atom. The minimum Gasteiger partial charge on any atom is -0.399 e. The first-order valence-electron chi connectivity index (χ1n) is 5.94. The monoisotopic (exact) mass is 308 g/mol. The fourth-order valence-electron chi connectivity index (χ4n) is 1.72. The van der Waals surface area contributed by atoms with E-state index < -0.39 is 21.6 Å². The molecule has 0 aliphatic heterocycles. The number of carbonyl (C=O) groups is 1. The molecule has 5 nitrogen and oxygen atoms in total. The van der Waals surface area contributed by atoms with Gasteiger partial charge in [0.15, 0.2) is 9.84 Å². The first kappa shape index (κ1) is 15.0. The fourth-order valence-corrected chi connectivity index (χ4v) is 2.39. The molecule has 0 radical (unpaired) electrons. The molecular formula is C14H13FN2O3S. The zero-order valence-electron chi connectivity index (χ0n) is 11.1. The average molecular weight is 308 g/mol. The number of rotatable bonds is 3. The quantitative estimate of drug-likeness (QED) is 0.849. The predicted molar refractivity (Wildman–Crippen MR) is 78.3 cm³/mol. The van der Waals surface area contributed by atoms with Gasteiger partial charge in [-0.25, -0.2) is 12.8 Å². The van der Waals surface area contributed by atoms with Crippen molar-refractivity contribution in [3.63, 3.8) is 0 Å². The number of nitrogen functional groups attached to an aromatic ring is 1. The number of carbonyl (C=O) groups excluding carboxylic acids is 1. The van der Waals surface area contributed by atoms with Gasteiger partial charge in [-0.1, -0.05) is 6.07 Å². The summed E-state index contributed by atoms with van der Waals surface area (Å²) in [7, 11) is -3.39. The molecule has 3 N–H and O–H groups in total. The van der Waals surface area contributed by atoms with Gasteiger partial charge in [0.1, 0.15) is 5.82 Å². The molecule has 2 aromatic carbocycles. The summed E-state index contributed by atoms with van der Waals surface area (Å²) in [4.78, 5) is 12.1. The van der Waals surface area contributed by atoms with Crippen LogP contribution in [-0.2, 0) is 9.84 Å². The number of anilines is 2. The third-order valence-corrected chi connectivity index (χ3v) is 3.87. The standard InChI is InChI=1S/C14H13FN2O3S/c1-21(19,20)11-4-2-3-10(8-11)17-14(18)12-7-9(16)5-6-13(12)15/h2-8H,16H2,1H3,(H,17,18). The first-order chi connectivity index (χ1) is 9.77. The van der Waals surface area contributed by atoms with E-state index in [1.54, 1.807) is 0 Å². The molecule has 0 aromatic heterocycles. The van der Waals surface area contributed by atoms with Gasteiger partial charge < -0.3 is 11.1 Å². The number of amides is 1. The van der Waals surface area contributed by atoms with Crippen LogP contribution >= 0.6 is 0 Å². The van der Waals surface area contributed by atoms with Crippen LogP contribution < -0.4 is 11.1 Å². The summed E-state index contributed by atoms with van der Waals surface area (Å²) in [5.41, 5.74) is 5.82. The molecule has 0 saturated heterocycles. The Hall–Kier alpha value is -2.41. The summed E-state index contributed by atoms with van der Waals surface area (Å²) >= 11 is 0. The molecule has 0 aliphatic carbocycles. The third kappa shape index (κ3) is 3.57. The van der Waals surface area contributed by atoms with Crippen molar-refractivity contribution in [2.75, 3.05) is 17.3 Å². The highest BCUT2D eigenvalue weighted by Crippen LogP contribution is 2.18. The molecule has 0 unspecified atom stereocenters. The fraction of sp³-hybridized carbons (Fsp3) is 0.0714. The van der Waals surface area contributed by atoms with Crippen LogP contribution in [0.1, 0.15) is 10.4 Å². The number of hydrogen-bond acceptors (Lipinski definition) is 4. The van der Waals surface area contributed by atoms with Crippen LogP contribution in [0.3, 0.4) is 0 Å². The molecule has 1 amide bonds. The largest absolute Gasteiger partial charge is 0.399 e. The Balaban J connectivity index is 2.30. The first-order valence-corrected chi connectivity index (χ1v) is 7.83. The van der Waals surface area contributed by atoms with E-state index in [4.69, 9.17) is 5.73 Å². The zero-order valence-corrected chi connectivity index (χ0v) is 11.9. The van der Waals surface area contributed by atoms with E-state index in [1.807, 2.05) is 0 Å². The van der Waals surface area contributed by atoms with E-state index in [0.29, 0.717) is 0 Å². The molecule has 21 heavy (non-hydrogen) atoms. The lowest BCUT2D eigenvalue weighted by Crippen LogP contribution is -2.14. The molecular weight excluding hydrogens is 295 g/mol. The lowest BCUT2D eigenvalue weighted by molar-refractivity contribution is 0.102. The van der Waals surface area contributed by atoms with Gasteiger partial charge in [-0.15, -0.1) is 0 Å². The van der Waals surface area contributed by atoms with Gasteiger partial charge in [0.05, 0.1) is 10.5 Å². The molecule has 7 heteroatoms. The molecule has 0 aliphatic rings. The highest BCUT2D eigenvalue weighted by molar-refractivity contribution is 7.90. The molecule has 0 heterocycles. The van der Waals surface area contributed by atoms with Crippen LogP contribution in [0.15, 0.2) is 47.4 Å². The maximum Gasteiger partial charge on any atom is 0.258 e. The van der Waals surface area contributed by atoms with Crippen molar-refractivity contribution >= 4 is 27.1 Å². The topological polar surface area (TPSA) is 89.3 Å². The van der Waals surface area contributed by atoms with Crippen molar-refractivity contribution in [2.45, 2.75) is 4.90 Å². The van der Waals surface area contributed by atoms with Crippen molar-refractivity contribution in [1.29, 1.82) is 0 Å². The average Bonchev–Trinajstić information content (AvgIpc) is 2.41. The lowest BCUT2D eigenvalue weighted by Gasteiger charge is -2.08. The van der Waals surface area contributed by atoms with Crippen molar-refractivity contribution in [3.8, 4) is 0 Å². The van der Waals surface area contributed by atoms with Gasteiger partial charge >= 0.3 is 0 Å². The minimum atomic E-state index is -3.39. The highest BCUT2D eigenvalue weighted by atomic mass is 32.2. The van der Waals surface area contributed by atoms with Crippen LogP contribution in [0.25, 0.3) is 0 Å². The molecule has 0 spiro atoms. The van der Waals surface area contributed by atoms with Gasteiger partial charge in [0.25, 0.3) is 5.91 Å². The third-order valence-electron chi connectivity index (χ3n) is 2.76. The van der Waals surface area contributed by atoms with Gasteiger partial charge in [-0.05, 0) is 36.4 Å². The molecule has 0 saturated carbocycles. The van der Waals surface area contributed by atoms with E-state index in [0.717, 1.165) is 12.3 Å². The van der Waals surface area contributed by atoms with E-state index in [2.05, 4.69) is 5.32 Å². The minimum absolute atomic E-state index is 0.0633. The zero-order chi connectivity index (χ0) is 15.6. The summed E-state index contributed by atoms with van der Waals surface area (Å²) < 4.78 is 36.5. The molecule has 0 bridgehead atoms. The summed E-state index contributed by atoms with van der Waals surface area (Å²) in [6.07, 6.45) is 1.06. The van der Waals surface area contributed by atoms with E-state index >= 15 is 0 Å². The Morgan fingerprint density at radius 1 is 1.19 bits per heavy atom. The second kappa shape index (κ2) is 5.53. The van der Waals surface area contributed by atoms with Crippen molar-refractivity contribution < 1.29 is 17.6 Å². The molecule has 0 atom stereocenters. The molecule has 0 fully saturated rings. The number of halogens is 1. The second-order valence-electron chi connectivity index (χ2n) is 4.49. The number of benzene rings is 2.